The second-order valence-electron chi connectivity index (χ2n) is 4.25. The molecular formula is C12H13Cl2NO3S. The van der Waals surface area contributed by atoms with Gasteiger partial charge >= 0.3 is 5.97 Å². The highest BCUT2D eigenvalue weighted by Gasteiger charge is 2.28. The van der Waals surface area contributed by atoms with Crippen LogP contribution in [0, 0.1) is 0 Å². The van der Waals surface area contributed by atoms with Crippen LogP contribution in [0.4, 0.5) is 5.69 Å². The normalized spacial score (nSPS) is 11.2. The molecule has 0 bridgehead atoms. The van der Waals surface area contributed by atoms with E-state index in [-0.39, 0.29) is 16.7 Å². The summed E-state index contributed by atoms with van der Waals surface area (Å²) in [7, 11) is 0. The van der Waals surface area contributed by atoms with Gasteiger partial charge in [-0.3, -0.25) is 9.59 Å². The molecule has 0 fully saturated rings. The van der Waals surface area contributed by atoms with E-state index < -0.39 is 10.7 Å². The Labute approximate surface area is 125 Å². The van der Waals surface area contributed by atoms with Gasteiger partial charge in [0.15, 0.2) is 0 Å². The lowest BCUT2D eigenvalue weighted by atomic mass is 10.2. The van der Waals surface area contributed by atoms with Crippen LogP contribution in [0.2, 0.25) is 10.0 Å². The van der Waals surface area contributed by atoms with Crippen molar-refractivity contribution in [1.82, 2.24) is 0 Å². The van der Waals surface area contributed by atoms with Crippen LogP contribution in [0.15, 0.2) is 18.2 Å². The molecule has 1 aromatic rings. The van der Waals surface area contributed by atoms with Gasteiger partial charge in [0.05, 0.1) is 21.5 Å². The second kappa shape index (κ2) is 6.50. The van der Waals surface area contributed by atoms with Crippen molar-refractivity contribution in [3.63, 3.8) is 0 Å². The first-order valence-electron chi connectivity index (χ1n) is 5.35. The first-order valence-corrected chi connectivity index (χ1v) is 7.09. The summed E-state index contributed by atoms with van der Waals surface area (Å²) in [6, 6.07) is 4.90. The average Bonchev–Trinajstić information content (AvgIpc) is 2.32. The number of carboxylic acid groups (broad SMARTS) is 1. The van der Waals surface area contributed by atoms with Crippen molar-refractivity contribution in [2.45, 2.75) is 18.6 Å². The number of thioether (sulfide) groups is 1. The van der Waals surface area contributed by atoms with Gasteiger partial charge < -0.3 is 10.4 Å². The third-order valence-electron chi connectivity index (χ3n) is 2.30. The Balaban J connectivity index is 2.62. The number of anilines is 1. The Morgan fingerprint density at radius 3 is 2.58 bits per heavy atom. The standard InChI is InChI=1S/C12H13Cl2NO3S/c1-12(2,11(17)18)19-6-9(16)15-8-5-3-4-7(13)10(8)14/h3-5H,6H2,1-2H3,(H,15,16)(H,17,18). The fourth-order valence-corrected chi connectivity index (χ4v) is 2.13. The predicted octanol–water partition coefficient (Wildman–Crippen LogP) is 3.53. The number of carbonyl (C=O) groups is 2. The van der Waals surface area contributed by atoms with Crippen molar-refractivity contribution in [2.24, 2.45) is 0 Å². The molecule has 104 valence electrons. The van der Waals surface area contributed by atoms with E-state index in [1.54, 1.807) is 32.0 Å². The average molecular weight is 322 g/mol. The zero-order valence-electron chi connectivity index (χ0n) is 10.4. The van der Waals surface area contributed by atoms with Gasteiger partial charge in [-0.05, 0) is 26.0 Å². The van der Waals surface area contributed by atoms with E-state index in [0.717, 1.165) is 11.8 Å². The second-order valence-corrected chi connectivity index (χ2v) is 6.64. The molecule has 0 saturated carbocycles. The summed E-state index contributed by atoms with van der Waals surface area (Å²) in [5.41, 5.74) is 0.410. The number of benzene rings is 1. The van der Waals surface area contributed by atoms with Gasteiger partial charge in [0.25, 0.3) is 0 Å². The Morgan fingerprint density at radius 2 is 2.00 bits per heavy atom. The van der Waals surface area contributed by atoms with E-state index >= 15 is 0 Å². The summed E-state index contributed by atoms with van der Waals surface area (Å²) in [6.45, 7) is 3.08. The highest BCUT2D eigenvalue weighted by Crippen LogP contribution is 2.30. The van der Waals surface area contributed by atoms with E-state index in [2.05, 4.69) is 5.32 Å². The molecule has 7 heteroatoms. The summed E-state index contributed by atoms with van der Waals surface area (Å²) in [6.07, 6.45) is 0. The van der Waals surface area contributed by atoms with Crippen molar-refractivity contribution < 1.29 is 14.7 Å². The summed E-state index contributed by atoms with van der Waals surface area (Å²) < 4.78 is -1.02. The van der Waals surface area contributed by atoms with Crippen molar-refractivity contribution in [3.8, 4) is 0 Å². The molecule has 4 nitrogen and oxygen atoms in total. The van der Waals surface area contributed by atoms with Crippen LogP contribution in [0.3, 0.4) is 0 Å². The monoisotopic (exact) mass is 321 g/mol. The molecule has 0 aliphatic heterocycles. The number of nitrogens with one attached hydrogen (secondary N) is 1. The number of aliphatic carboxylic acids is 1. The summed E-state index contributed by atoms with van der Waals surface area (Å²) >= 11 is 12.8. The third-order valence-corrected chi connectivity index (χ3v) is 4.43. The molecule has 2 N–H and O–H groups in total. The van der Waals surface area contributed by atoms with Gasteiger partial charge in [-0.25, -0.2) is 0 Å². The Hall–Kier alpha value is -0.910. The first-order chi connectivity index (χ1) is 8.74. The van der Waals surface area contributed by atoms with Crippen molar-refractivity contribution in [2.75, 3.05) is 11.1 Å². The number of carbonyl (C=O) groups excluding carboxylic acids is 1. The van der Waals surface area contributed by atoms with E-state index in [1.165, 1.54) is 0 Å². The molecule has 0 aliphatic rings. The number of rotatable bonds is 5. The van der Waals surface area contributed by atoms with E-state index in [1.807, 2.05) is 0 Å². The van der Waals surface area contributed by atoms with Crippen LogP contribution >= 0.6 is 35.0 Å². The number of amides is 1. The van der Waals surface area contributed by atoms with Crippen LogP contribution in [0.25, 0.3) is 0 Å². The number of hydrogen-bond donors (Lipinski definition) is 2. The van der Waals surface area contributed by atoms with Crippen molar-refractivity contribution in [3.05, 3.63) is 28.2 Å². The van der Waals surface area contributed by atoms with Gasteiger partial charge in [-0.1, -0.05) is 29.3 Å². The fraction of sp³-hybridized carbons (Fsp3) is 0.333. The maximum absolute atomic E-state index is 11.7. The number of hydrogen-bond acceptors (Lipinski definition) is 3. The minimum absolute atomic E-state index is 0.0160. The maximum atomic E-state index is 11.7. The Bertz CT molecular complexity index is 506. The Morgan fingerprint density at radius 1 is 1.37 bits per heavy atom. The summed E-state index contributed by atoms with van der Waals surface area (Å²) in [4.78, 5) is 22.6. The molecule has 0 unspecified atom stereocenters. The lowest BCUT2D eigenvalue weighted by Crippen LogP contribution is -2.29. The summed E-state index contributed by atoms with van der Waals surface area (Å²) in [5, 5.41) is 12.1. The first kappa shape index (κ1) is 16.1. The van der Waals surface area contributed by atoms with Crippen LogP contribution in [0.1, 0.15) is 13.8 Å². The Kier molecular flexibility index (Phi) is 5.52. The molecular weight excluding hydrogens is 309 g/mol. The molecule has 0 radical (unpaired) electrons. The third kappa shape index (κ3) is 4.60. The predicted molar refractivity (Wildman–Crippen MR) is 79.3 cm³/mol. The van der Waals surface area contributed by atoms with Crippen molar-refractivity contribution in [1.29, 1.82) is 0 Å². The van der Waals surface area contributed by atoms with Gasteiger partial charge in [0, 0.05) is 0 Å². The molecule has 0 spiro atoms. The van der Waals surface area contributed by atoms with Crippen molar-refractivity contribution >= 4 is 52.5 Å². The van der Waals surface area contributed by atoms with Crippen LogP contribution in [-0.4, -0.2) is 27.5 Å². The minimum Gasteiger partial charge on any atom is -0.480 e. The molecule has 1 amide bonds. The number of halogens is 2. The molecule has 1 aromatic carbocycles. The molecule has 0 atom stereocenters. The highest BCUT2D eigenvalue weighted by molar-refractivity contribution is 8.02. The van der Waals surface area contributed by atoms with E-state index in [4.69, 9.17) is 28.3 Å². The van der Waals surface area contributed by atoms with Gasteiger partial charge in [-0.15, -0.1) is 11.8 Å². The molecule has 0 aromatic heterocycles. The summed E-state index contributed by atoms with van der Waals surface area (Å²) in [5.74, 6) is -1.28. The lowest BCUT2D eigenvalue weighted by molar-refractivity contribution is -0.138. The quantitative estimate of drug-likeness (QED) is 0.870. The van der Waals surface area contributed by atoms with Crippen LogP contribution < -0.4 is 5.32 Å². The molecule has 0 aliphatic carbocycles. The maximum Gasteiger partial charge on any atom is 0.319 e. The molecule has 0 heterocycles. The van der Waals surface area contributed by atoms with Gasteiger partial charge in [0.2, 0.25) is 5.91 Å². The number of carboxylic acids is 1. The van der Waals surface area contributed by atoms with Crippen LogP contribution in [-0.2, 0) is 9.59 Å². The van der Waals surface area contributed by atoms with Crippen LogP contribution in [0.5, 0.6) is 0 Å². The highest BCUT2D eigenvalue weighted by atomic mass is 35.5. The largest absolute Gasteiger partial charge is 0.480 e. The lowest BCUT2D eigenvalue weighted by Gasteiger charge is -2.18. The topological polar surface area (TPSA) is 66.4 Å². The molecule has 19 heavy (non-hydrogen) atoms. The molecule has 1 rings (SSSR count). The fourth-order valence-electron chi connectivity index (χ4n) is 1.09. The van der Waals surface area contributed by atoms with Gasteiger partial charge in [-0.2, -0.15) is 0 Å². The zero-order chi connectivity index (χ0) is 14.6. The zero-order valence-corrected chi connectivity index (χ0v) is 12.7. The smallest absolute Gasteiger partial charge is 0.319 e. The SMILES string of the molecule is CC(C)(SCC(=O)Nc1cccc(Cl)c1Cl)C(=O)O. The van der Waals surface area contributed by atoms with E-state index in [9.17, 15) is 9.59 Å². The molecule has 0 saturated heterocycles. The minimum atomic E-state index is -1.02. The van der Waals surface area contributed by atoms with E-state index in [0.29, 0.717) is 10.7 Å². The van der Waals surface area contributed by atoms with Gasteiger partial charge in [0.1, 0.15) is 4.75 Å².